The average Bonchev–Trinajstić information content (AvgIpc) is 3.14. The Kier molecular flexibility index (Phi) is 5.94. The number of para-hydroxylation sites is 2. The van der Waals surface area contributed by atoms with Crippen LogP contribution in [0.2, 0.25) is 0 Å². The third-order valence-corrected chi connectivity index (χ3v) is 5.65. The van der Waals surface area contributed by atoms with Gasteiger partial charge in [0.25, 0.3) is 0 Å². The van der Waals surface area contributed by atoms with Crippen LogP contribution in [0.5, 0.6) is 5.75 Å². The molecule has 0 aliphatic carbocycles. The maximum atomic E-state index is 6.12. The summed E-state index contributed by atoms with van der Waals surface area (Å²) in [6.45, 7) is 1.86. The van der Waals surface area contributed by atoms with E-state index >= 15 is 0 Å². The van der Waals surface area contributed by atoms with E-state index in [1.165, 1.54) is 17.7 Å². The van der Waals surface area contributed by atoms with Crippen molar-refractivity contribution in [2.24, 2.45) is 16.6 Å². The van der Waals surface area contributed by atoms with E-state index in [9.17, 15) is 0 Å². The number of nitrogens with zero attached hydrogens (tertiary/aromatic N) is 2. The molecule has 2 unspecified atom stereocenters. The molecule has 1 aliphatic heterocycles. The van der Waals surface area contributed by atoms with Gasteiger partial charge in [-0.3, -0.25) is 9.89 Å². The molecule has 2 aromatic rings. The number of thiophene rings is 1. The molecule has 6 heteroatoms. The normalized spacial score (nSPS) is 21.9. The molecule has 1 saturated heterocycles. The Labute approximate surface area is 153 Å². The third kappa shape index (κ3) is 4.32. The van der Waals surface area contributed by atoms with Crippen molar-refractivity contribution in [3.63, 3.8) is 0 Å². The number of nitrogens with two attached hydrogens (primary N) is 1. The van der Waals surface area contributed by atoms with Crippen molar-refractivity contribution < 1.29 is 4.74 Å². The first-order chi connectivity index (χ1) is 12.2. The molecule has 2 atom stereocenters. The van der Waals surface area contributed by atoms with Crippen LogP contribution >= 0.6 is 11.3 Å². The number of hydrogen-bond acceptors (Lipinski definition) is 4. The maximum absolute atomic E-state index is 6.12. The molecule has 25 heavy (non-hydrogen) atoms. The molecule has 1 aromatic carbocycles. The van der Waals surface area contributed by atoms with E-state index in [1.54, 1.807) is 7.11 Å². The highest BCUT2D eigenvalue weighted by Crippen LogP contribution is 2.37. The van der Waals surface area contributed by atoms with Crippen molar-refractivity contribution in [3.8, 4) is 5.75 Å². The number of rotatable bonds is 5. The van der Waals surface area contributed by atoms with Crippen LogP contribution in [0.4, 0.5) is 5.69 Å². The van der Waals surface area contributed by atoms with Gasteiger partial charge in [-0.1, -0.05) is 18.2 Å². The van der Waals surface area contributed by atoms with Crippen LogP contribution in [0.3, 0.4) is 0 Å². The minimum Gasteiger partial charge on any atom is -0.495 e. The summed E-state index contributed by atoms with van der Waals surface area (Å²) in [7, 11) is 3.86. The molecule has 134 valence electrons. The van der Waals surface area contributed by atoms with Crippen LogP contribution in [-0.2, 0) is 0 Å². The molecule has 2 heterocycles. The van der Waals surface area contributed by atoms with Crippen LogP contribution < -0.4 is 15.8 Å². The molecule has 0 bridgehead atoms. The summed E-state index contributed by atoms with van der Waals surface area (Å²) in [5, 5.41) is 5.30. The van der Waals surface area contributed by atoms with Crippen LogP contribution in [0.15, 0.2) is 46.8 Å². The van der Waals surface area contributed by atoms with E-state index in [0.717, 1.165) is 24.5 Å². The summed E-state index contributed by atoms with van der Waals surface area (Å²) in [6, 6.07) is 12.5. The molecule has 3 N–H and O–H groups in total. The first kappa shape index (κ1) is 17.8. The van der Waals surface area contributed by atoms with Crippen molar-refractivity contribution in [1.29, 1.82) is 0 Å². The zero-order chi connectivity index (χ0) is 17.6. The minimum absolute atomic E-state index is 0.427. The van der Waals surface area contributed by atoms with Gasteiger partial charge in [-0.25, -0.2) is 0 Å². The van der Waals surface area contributed by atoms with E-state index in [-0.39, 0.29) is 0 Å². The summed E-state index contributed by atoms with van der Waals surface area (Å²) in [5.41, 5.74) is 6.95. The van der Waals surface area contributed by atoms with Gasteiger partial charge < -0.3 is 15.8 Å². The molecule has 1 aliphatic rings. The zero-order valence-electron chi connectivity index (χ0n) is 14.8. The summed E-state index contributed by atoms with van der Waals surface area (Å²) in [4.78, 5) is 8.48. The lowest BCUT2D eigenvalue weighted by Gasteiger charge is -2.38. The fraction of sp³-hybridized carbons (Fsp3) is 0.421. The fourth-order valence-electron chi connectivity index (χ4n) is 3.50. The van der Waals surface area contributed by atoms with Crippen LogP contribution in [0, 0.1) is 5.92 Å². The number of aliphatic imine (C=N–C) groups is 1. The molecular weight excluding hydrogens is 332 g/mol. The number of guanidine groups is 1. The summed E-state index contributed by atoms with van der Waals surface area (Å²) < 4.78 is 5.34. The number of benzene rings is 1. The van der Waals surface area contributed by atoms with Crippen LogP contribution in [0.25, 0.3) is 0 Å². The van der Waals surface area contributed by atoms with Gasteiger partial charge in [0.2, 0.25) is 0 Å². The van der Waals surface area contributed by atoms with E-state index in [2.05, 4.69) is 39.8 Å². The van der Waals surface area contributed by atoms with Crippen molar-refractivity contribution in [2.75, 3.05) is 32.6 Å². The van der Waals surface area contributed by atoms with Gasteiger partial charge in [0.15, 0.2) is 5.96 Å². The summed E-state index contributed by atoms with van der Waals surface area (Å²) >= 11 is 1.83. The Bertz CT molecular complexity index is 701. The molecular formula is C19H26N4OS. The number of anilines is 1. The largest absolute Gasteiger partial charge is 0.495 e. The van der Waals surface area contributed by atoms with Gasteiger partial charge in [0.05, 0.1) is 12.8 Å². The number of ether oxygens (including phenoxy) is 1. The Balaban J connectivity index is 1.68. The number of methoxy groups -OCH3 is 1. The Morgan fingerprint density at radius 3 is 2.96 bits per heavy atom. The van der Waals surface area contributed by atoms with Crippen molar-refractivity contribution in [1.82, 2.24) is 4.90 Å². The maximum Gasteiger partial charge on any atom is 0.193 e. The molecule has 5 nitrogen and oxygen atoms in total. The Morgan fingerprint density at radius 1 is 1.36 bits per heavy atom. The molecule has 0 saturated carbocycles. The van der Waals surface area contributed by atoms with Crippen molar-refractivity contribution in [3.05, 3.63) is 46.7 Å². The molecule has 0 radical (unpaired) electrons. The number of nitrogens with one attached hydrogen (secondary N) is 1. The standard InChI is InChI=1S/C19H26N4OS/c1-23-11-5-7-14(18(23)17-10-6-12-25-17)13-21-19(20)22-15-8-3-4-9-16(15)24-2/h3-4,6,8-10,12,14,18H,5,7,11,13H2,1-2H3,(H3,20,21,22). The zero-order valence-corrected chi connectivity index (χ0v) is 15.6. The molecule has 1 fully saturated rings. The Hall–Kier alpha value is -2.05. The Morgan fingerprint density at radius 2 is 2.20 bits per heavy atom. The molecule has 3 rings (SSSR count). The lowest BCUT2D eigenvalue weighted by atomic mass is 9.88. The van der Waals surface area contributed by atoms with E-state index in [1.807, 2.05) is 35.6 Å². The number of likely N-dealkylation sites (tertiary alicyclic amines) is 1. The second kappa shape index (κ2) is 8.36. The summed E-state index contributed by atoms with van der Waals surface area (Å²) in [5.74, 6) is 1.67. The van der Waals surface area contributed by atoms with Gasteiger partial charge >= 0.3 is 0 Å². The monoisotopic (exact) mass is 358 g/mol. The number of piperidine rings is 1. The molecule has 0 amide bonds. The fourth-order valence-corrected chi connectivity index (χ4v) is 4.48. The highest BCUT2D eigenvalue weighted by molar-refractivity contribution is 7.10. The smallest absolute Gasteiger partial charge is 0.193 e. The minimum atomic E-state index is 0.427. The topological polar surface area (TPSA) is 62.9 Å². The van der Waals surface area contributed by atoms with E-state index in [0.29, 0.717) is 17.9 Å². The van der Waals surface area contributed by atoms with Crippen LogP contribution in [0.1, 0.15) is 23.8 Å². The lowest BCUT2D eigenvalue weighted by molar-refractivity contribution is 0.128. The van der Waals surface area contributed by atoms with Gasteiger partial charge in [-0.2, -0.15) is 0 Å². The highest BCUT2D eigenvalue weighted by Gasteiger charge is 2.30. The first-order valence-electron chi connectivity index (χ1n) is 8.62. The van der Waals surface area contributed by atoms with Gasteiger partial charge in [-0.05, 0) is 55.9 Å². The van der Waals surface area contributed by atoms with Gasteiger partial charge in [0.1, 0.15) is 5.75 Å². The van der Waals surface area contributed by atoms with E-state index in [4.69, 9.17) is 10.5 Å². The predicted molar refractivity (Wildman–Crippen MR) is 106 cm³/mol. The SMILES string of the molecule is COc1ccccc1NC(N)=NCC1CCCN(C)C1c1cccs1. The summed E-state index contributed by atoms with van der Waals surface area (Å²) in [6.07, 6.45) is 2.39. The molecule has 0 spiro atoms. The lowest BCUT2D eigenvalue weighted by Crippen LogP contribution is -2.37. The quantitative estimate of drug-likeness (QED) is 0.634. The second-order valence-electron chi connectivity index (χ2n) is 6.39. The van der Waals surface area contributed by atoms with Gasteiger partial charge in [-0.15, -0.1) is 11.3 Å². The van der Waals surface area contributed by atoms with Gasteiger partial charge in [0, 0.05) is 17.5 Å². The highest BCUT2D eigenvalue weighted by atomic mass is 32.1. The van der Waals surface area contributed by atoms with Crippen molar-refractivity contribution >= 4 is 23.0 Å². The van der Waals surface area contributed by atoms with Crippen molar-refractivity contribution in [2.45, 2.75) is 18.9 Å². The third-order valence-electron chi connectivity index (χ3n) is 4.71. The predicted octanol–water partition coefficient (Wildman–Crippen LogP) is 3.57. The first-order valence-corrected chi connectivity index (χ1v) is 9.50. The molecule has 1 aromatic heterocycles. The second-order valence-corrected chi connectivity index (χ2v) is 7.37. The van der Waals surface area contributed by atoms with E-state index < -0.39 is 0 Å². The van der Waals surface area contributed by atoms with Crippen LogP contribution in [-0.4, -0.2) is 38.1 Å². The number of hydrogen-bond donors (Lipinski definition) is 2. The average molecular weight is 359 g/mol.